The van der Waals surface area contributed by atoms with Crippen molar-refractivity contribution >= 4 is 41.7 Å². The smallest absolute Gasteiger partial charge is 0.422 e. The monoisotopic (exact) mass is 499 g/mol. The fraction of sp³-hybridized carbons (Fsp3) is 0.381. The first kappa shape index (κ1) is 26.7. The molecule has 1 atom stereocenters. The van der Waals surface area contributed by atoms with Crippen molar-refractivity contribution in [2.24, 2.45) is 11.3 Å². The molecule has 1 amide bonds. The first-order valence-electron chi connectivity index (χ1n) is 9.87. The van der Waals surface area contributed by atoms with Crippen LogP contribution in [0.5, 0.6) is 5.75 Å². The predicted octanol–water partition coefficient (Wildman–Crippen LogP) is 4.18. The quantitative estimate of drug-likeness (QED) is 0.580. The number of nitrogens with zero attached hydrogens (tertiary/aromatic N) is 4. The summed E-state index contributed by atoms with van der Waals surface area (Å²) in [4.78, 5) is 33.9. The molecule has 2 heterocycles. The summed E-state index contributed by atoms with van der Waals surface area (Å²) in [6.45, 7) is 2.24. The number of hydrogen-bond donors (Lipinski definition) is 2. The highest BCUT2D eigenvalue weighted by Crippen LogP contribution is 2.40. The standard InChI is InChI=1S/C21H20F3N5O4.ClH/c1-12(2)20(10-25)6-8-29(18(20)32)16-5-7-26-19(28-16)27-13-3-4-14(17(30)31)15(9-13)33-11-21(22,23)24;/h3-5,7,9,12H,6,8,11H2,1-2H3,(H,30,31)(H,26,27,28);1H/t20-;/m1./s1. The second-order valence-electron chi connectivity index (χ2n) is 7.73. The van der Waals surface area contributed by atoms with Gasteiger partial charge in [-0.2, -0.15) is 23.4 Å². The third-order valence-corrected chi connectivity index (χ3v) is 5.32. The molecule has 13 heteroatoms. The first-order valence-corrected chi connectivity index (χ1v) is 9.87. The Balaban J connectivity index is 0.00000408. The van der Waals surface area contributed by atoms with Gasteiger partial charge >= 0.3 is 12.1 Å². The Labute approximate surface area is 199 Å². The molecular weight excluding hydrogens is 479 g/mol. The summed E-state index contributed by atoms with van der Waals surface area (Å²) < 4.78 is 42.2. The number of carbonyl (C=O) groups is 2. The number of hydrogen-bond acceptors (Lipinski definition) is 7. The van der Waals surface area contributed by atoms with Crippen molar-refractivity contribution < 1.29 is 32.6 Å². The number of ether oxygens (including phenoxy) is 1. The number of nitriles is 1. The number of nitrogens with one attached hydrogen (secondary N) is 1. The number of carbonyl (C=O) groups excluding carboxylic acids is 1. The topological polar surface area (TPSA) is 128 Å². The molecule has 2 aromatic rings. The molecule has 182 valence electrons. The van der Waals surface area contributed by atoms with Gasteiger partial charge in [-0.05, 0) is 30.5 Å². The van der Waals surface area contributed by atoms with Crippen molar-refractivity contribution in [3.8, 4) is 11.8 Å². The predicted molar refractivity (Wildman–Crippen MR) is 117 cm³/mol. The van der Waals surface area contributed by atoms with Gasteiger partial charge in [0, 0.05) is 24.5 Å². The average molecular weight is 500 g/mol. The van der Waals surface area contributed by atoms with Crippen molar-refractivity contribution in [3.63, 3.8) is 0 Å². The summed E-state index contributed by atoms with van der Waals surface area (Å²) in [5, 5.41) is 21.5. The minimum atomic E-state index is -4.65. The van der Waals surface area contributed by atoms with E-state index in [0.29, 0.717) is 13.0 Å². The molecule has 34 heavy (non-hydrogen) atoms. The highest BCUT2D eigenvalue weighted by atomic mass is 35.5. The van der Waals surface area contributed by atoms with Crippen LogP contribution in [-0.4, -0.2) is 46.3 Å². The van der Waals surface area contributed by atoms with Crippen molar-refractivity contribution in [3.05, 3.63) is 36.0 Å². The van der Waals surface area contributed by atoms with E-state index in [4.69, 9.17) is 0 Å². The van der Waals surface area contributed by atoms with Crippen molar-refractivity contribution in [1.29, 1.82) is 5.26 Å². The summed E-state index contributed by atoms with van der Waals surface area (Å²) in [7, 11) is 0. The molecule has 1 aromatic carbocycles. The number of aromatic nitrogens is 2. The van der Waals surface area contributed by atoms with Crippen molar-refractivity contribution in [2.75, 3.05) is 23.4 Å². The molecule has 9 nitrogen and oxygen atoms in total. The Kier molecular flexibility index (Phi) is 7.94. The van der Waals surface area contributed by atoms with Crippen LogP contribution in [0.2, 0.25) is 0 Å². The number of amides is 1. The summed E-state index contributed by atoms with van der Waals surface area (Å²) in [6.07, 6.45) is -2.91. The van der Waals surface area contributed by atoms with Crippen LogP contribution >= 0.6 is 12.4 Å². The van der Waals surface area contributed by atoms with Gasteiger partial charge in [-0.3, -0.25) is 9.69 Å². The lowest BCUT2D eigenvalue weighted by Crippen LogP contribution is -2.37. The molecule has 1 saturated heterocycles. The Bertz CT molecular complexity index is 1120. The lowest BCUT2D eigenvalue weighted by atomic mass is 9.77. The van der Waals surface area contributed by atoms with Gasteiger partial charge in [0.25, 0.3) is 0 Å². The highest BCUT2D eigenvalue weighted by molar-refractivity contribution is 6.01. The molecule has 0 aliphatic carbocycles. The average Bonchev–Trinajstić information content (AvgIpc) is 3.09. The van der Waals surface area contributed by atoms with Crippen molar-refractivity contribution in [1.82, 2.24) is 9.97 Å². The fourth-order valence-corrected chi connectivity index (χ4v) is 3.47. The molecule has 1 aliphatic rings. The Hall–Kier alpha value is -3.59. The summed E-state index contributed by atoms with van der Waals surface area (Å²) in [5.41, 5.74) is -1.41. The largest absolute Gasteiger partial charge is 0.483 e. The van der Waals surface area contributed by atoms with Crippen LogP contribution in [0.25, 0.3) is 0 Å². The van der Waals surface area contributed by atoms with Gasteiger partial charge in [0.1, 0.15) is 22.5 Å². The summed E-state index contributed by atoms with van der Waals surface area (Å²) in [6, 6.07) is 7.13. The SMILES string of the molecule is CC(C)[C@]1(C#N)CCN(c2ccnc(Nc3ccc(C(=O)O)c(OCC(F)(F)F)c3)n2)C1=O.Cl. The van der Waals surface area contributed by atoms with E-state index in [0.717, 1.165) is 12.1 Å². The summed E-state index contributed by atoms with van der Waals surface area (Å²) >= 11 is 0. The van der Waals surface area contributed by atoms with Crippen LogP contribution in [-0.2, 0) is 4.79 Å². The molecule has 1 fully saturated rings. The maximum Gasteiger partial charge on any atom is 0.422 e. The van der Waals surface area contributed by atoms with Crippen LogP contribution < -0.4 is 15.0 Å². The van der Waals surface area contributed by atoms with E-state index in [1.807, 2.05) is 0 Å². The van der Waals surface area contributed by atoms with E-state index >= 15 is 0 Å². The molecule has 0 spiro atoms. The van der Waals surface area contributed by atoms with Gasteiger partial charge in [0.2, 0.25) is 11.9 Å². The molecule has 1 aromatic heterocycles. The molecular formula is C21H21ClF3N5O4. The Morgan fingerprint density at radius 1 is 1.38 bits per heavy atom. The number of benzene rings is 1. The van der Waals surface area contributed by atoms with Crippen molar-refractivity contribution in [2.45, 2.75) is 26.4 Å². The number of anilines is 3. The lowest BCUT2D eigenvalue weighted by molar-refractivity contribution is -0.153. The van der Waals surface area contributed by atoms with Crippen LogP contribution in [0.15, 0.2) is 30.5 Å². The second kappa shape index (κ2) is 10.1. The molecule has 1 aliphatic heterocycles. The van der Waals surface area contributed by atoms with E-state index < -0.39 is 35.5 Å². The van der Waals surface area contributed by atoms with Crippen LogP contribution in [0.3, 0.4) is 0 Å². The maximum atomic E-state index is 12.9. The van der Waals surface area contributed by atoms with Crippen LogP contribution in [0, 0.1) is 22.7 Å². The number of rotatable bonds is 7. The van der Waals surface area contributed by atoms with Crippen LogP contribution in [0.4, 0.5) is 30.6 Å². The molecule has 0 bridgehead atoms. The van der Waals surface area contributed by atoms with Gasteiger partial charge in [-0.1, -0.05) is 13.8 Å². The second-order valence-corrected chi connectivity index (χ2v) is 7.73. The van der Waals surface area contributed by atoms with Gasteiger partial charge < -0.3 is 15.2 Å². The Morgan fingerprint density at radius 2 is 2.09 bits per heavy atom. The first-order chi connectivity index (χ1) is 15.5. The zero-order chi connectivity index (χ0) is 24.4. The summed E-state index contributed by atoms with van der Waals surface area (Å²) in [5.74, 6) is -2.21. The highest BCUT2D eigenvalue weighted by Gasteiger charge is 2.50. The Morgan fingerprint density at radius 3 is 2.65 bits per heavy atom. The number of carboxylic acids is 1. The zero-order valence-corrected chi connectivity index (χ0v) is 18.9. The normalized spacial score (nSPS) is 17.8. The zero-order valence-electron chi connectivity index (χ0n) is 18.1. The van der Waals surface area contributed by atoms with E-state index in [9.17, 15) is 33.1 Å². The number of carboxylic acid groups (broad SMARTS) is 1. The minimum Gasteiger partial charge on any atom is -0.483 e. The van der Waals surface area contributed by atoms with Gasteiger partial charge in [0.05, 0.1) is 6.07 Å². The van der Waals surface area contributed by atoms with E-state index in [1.54, 1.807) is 13.8 Å². The maximum absolute atomic E-state index is 12.9. The molecule has 0 radical (unpaired) electrons. The van der Waals surface area contributed by atoms with Crippen LogP contribution in [0.1, 0.15) is 30.6 Å². The molecule has 2 N–H and O–H groups in total. The van der Waals surface area contributed by atoms with Gasteiger partial charge in [-0.25, -0.2) is 9.78 Å². The molecule has 0 unspecified atom stereocenters. The van der Waals surface area contributed by atoms with Gasteiger partial charge in [0.15, 0.2) is 6.61 Å². The number of alkyl halides is 3. The van der Waals surface area contributed by atoms with E-state index in [1.165, 1.54) is 23.2 Å². The fourth-order valence-electron chi connectivity index (χ4n) is 3.47. The minimum absolute atomic E-state index is 0. The number of halogens is 4. The number of aromatic carboxylic acids is 1. The lowest BCUT2D eigenvalue weighted by Gasteiger charge is -2.24. The van der Waals surface area contributed by atoms with Gasteiger partial charge in [-0.15, -0.1) is 12.4 Å². The third kappa shape index (κ3) is 5.48. The molecule has 0 saturated carbocycles. The third-order valence-electron chi connectivity index (χ3n) is 5.32. The van der Waals surface area contributed by atoms with E-state index in [-0.39, 0.29) is 41.7 Å². The van der Waals surface area contributed by atoms with E-state index in [2.05, 4.69) is 26.1 Å². The molecule has 3 rings (SSSR count).